The molecule has 1 aromatic carbocycles. The van der Waals surface area contributed by atoms with Crippen LogP contribution in [0.3, 0.4) is 0 Å². The predicted molar refractivity (Wildman–Crippen MR) is 49.0 cm³/mol. The highest BCUT2D eigenvalue weighted by molar-refractivity contribution is 5.56. The van der Waals surface area contributed by atoms with Crippen LogP contribution in [0.4, 0.5) is 5.69 Å². The largest absolute Gasteiger partial charge is 0.486 e. The third kappa shape index (κ3) is 1.80. The van der Waals surface area contributed by atoms with Gasteiger partial charge in [-0.25, -0.2) is 0 Å². The van der Waals surface area contributed by atoms with E-state index in [9.17, 15) is 10.1 Å². The summed E-state index contributed by atoms with van der Waals surface area (Å²) in [5.74, 6) is 0.0440. The van der Waals surface area contributed by atoms with Gasteiger partial charge in [-0.2, -0.15) is 5.26 Å². The van der Waals surface area contributed by atoms with Crippen molar-refractivity contribution in [2.24, 2.45) is 0 Å². The Kier molecular flexibility index (Phi) is 3.02. The SMILES string of the molecule is CCOc1c(C#N)cccc1[N+](=O)[O-]. The van der Waals surface area contributed by atoms with E-state index in [2.05, 4.69) is 0 Å². The number of hydrogen-bond donors (Lipinski definition) is 0. The number of rotatable bonds is 3. The molecule has 1 aromatic rings. The number of para-hydroxylation sites is 1. The predicted octanol–water partition coefficient (Wildman–Crippen LogP) is 1.87. The van der Waals surface area contributed by atoms with Crippen LogP contribution in [0.1, 0.15) is 12.5 Å². The van der Waals surface area contributed by atoms with Crippen molar-refractivity contribution in [3.8, 4) is 11.8 Å². The van der Waals surface area contributed by atoms with Crippen molar-refractivity contribution in [1.29, 1.82) is 5.26 Å². The molecule has 0 N–H and O–H groups in total. The minimum atomic E-state index is -0.564. The number of hydrogen-bond acceptors (Lipinski definition) is 4. The Hall–Kier alpha value is -2.09. The fraction of sp³-hybridized carbons (Fsp3) is 0.222. The van der Waals surface area contributed by atoms with E-state index in [1.165, 1.54) is 18.2 Å². The molecule has 0 unspecified atom stereocenters. The maximum atomic E-state index is 10.6. The van der Waals surface area contributed by atoms with Crippen molar-refractivity contribution < 1.29 is 9.66 Å². The summed E-state index contributed by atoms with van der Waals surface area (Å²) >= 11 is 0. The lowest BCUT2D eigenvalue weighted by Crippen LogP contribution is -1.99. The molecule has 0 saturated heterocycles. The van der Waals surface area contributed by atoms with Crippen molar-refractivity contribution in [2.45, 2.75) is 6.92 Å². The van der Waals surface area contributed by atoms with Crippen LogP contribution in [0.2, 0.25) is 0 Å². The molecule has 0 radical (unpaired) electrons. The summed E-state index contributed by atoms with van der Waals surface area (Å²) in [6.45, 7) is 2.00. The van der Waals surface area contributed by atoms with E-state index in [1.807, 2.05) is 6.07 Å². The van der Waals surface area contributed by atoms with Gasteiger partial charge in [-0.3, -0.25) is 10.1 Å². The van der Waals surface area contributed by atoms with Gasteiger partial charge in [-0.05, 0) is 13.0 Å². The fourth-order valence-electron chi connectivity index (χ4n) is 1.05. The average molecular weight is 192 g/mol. The second-order valence-corrected chi connectivity index (χ2v) is 2.46. The Morgan fingerprint density at radius 1 is 1.64 bits per heavy atom. The highest BCUT2D eigenvalue weighted by Gasteiger charge is 2.18. The normalized spacial score (nSPS) is 9.14. The molecule has 0 atom stereocenters. The molecule has 0 amide bonds. The van der Waals surface area contributed by atoms with E-state index in [4.69, 9.17) is 10.00 Å². The molecule has 72 valence electrons. The van der Waals surface area contributed by atoms with Crippen molar-refractivity contribution >= 4 is 5.69 Å². The van der Waals surface area contributed by atoms with Gasteiger partial charge in [0.15, 0.2) is 0 Å². The lowest BCUT2D eigenvalue weighted by Gasteiger charge is -2.04. The van der Waals surface area contributed by atoms with Crippen molar-refractivity contribution in [3.63, 3.8) is 0 Å². The second-order valence-electron chi connectivity index (χ2n) is 2.46. The van der Waals surface area contributed by atoms with E-state index in [1.54, 1.807) is 6.92 Å². The quantitative estimate of drug-likeness (QED) is 0.541. The molecule has 0 aliphatic carbocycles. The molecule has 0 heterocycles. The summed E-state index contributed by atoms with van der Waals surface area (Å²) < 4.78 is 5.06. The Morgan fingerprint density at radius 3 is 2.86 bits per heavy atom. The molecule has 0 saturated carbocycles. The molecule has 0 aromatic heterocycles. The molecule has 0 aliphatic rings. The van der Waals surface area contributed by atoms with Crippen molar-refractivity contribution in [2.75, 3.05) is 6.61 Å². The number of nitro groups is 1. The zero-order valence-electron chi connectivity index (χ0n) is 7.56. The van der Waals surface area contributed by atoms with E-state index in [0.29, 0.717) is 6.61 Å². The molecule has 5 heteroatoms. The minimum Gasteiger partial charge on any atom is -0.486 e. The number of ether oxygens (including phenoxy) is 1. The van der Waals surface area contributed by atoms with E-state index in [-0.39, 0.29) is 17.0 Å². The molecule has 1 rings (SSSR count). The van der Waals surface area contributed by atoms with Crippen LogP contribution in [0.5, 0.6) is 5.75 Å². The summed E-state index contributed by atoms with van der Waals surface area (Å²) in [5, 5.41) is 19.3. The van der Waals surface area contributed by atoms with Crippen molar-refractivity contribution in [3.05, 3.63) is 33.9 Å². The smallest absolute Gasteiger partial charge is 0.312 e. The summed E-state index contributed by atoms with van der Waals surface area (Å²) in [4.78, 5) is 10.0. The highest BCUT2D eigenvalue weighted by Crippen LogP contribution is 2.30. The molecule has 0 aliphatic heterocycles. The Labute approximate surface area is 80.7 Å². The fourth-order valence-corrected chi connectivity index (χ4v) is 1.05. The van der Waals surface area contributed by atoms with E-state index >= 15 is 0 Å². The molecule has 0 bridgehead atoms. The second kappa shape index (κ2) is 4.23. The third-order valence-corrected chi connectivity index (χ3v) is 1.60. The lowest BCUT2D eigenvalue weighted by atomic mass is 10.2. The maximum Gasteiger partial charge on any atom is 0.312 e. The van der Waals surface area contributed by atoms with Gasteiger partial charge in [-0.15, -0.1) is 0 Å². The van der Waals surface area contributed by atoms with Crippen LogP contribution in [-0.2, 0) is 0 Å². The van der Waals surface area contributed by atoms with Crippen LogP contribution in [0.25, 0.3) is 0 Å². The monoisotopic (exact) mass is 192 g/mol. The van der Waals surface area contributed by atoms with Gasteiger partial charge in [0.05, 0.1) is 11.5 Å². The average Bonchev–Trinajstić information content (AvgIpc) is 2.18. The zero-order valence-corrected chi connectivity index (χ0v) is 7.56. The first-order valence-electron chi connectivity index (χ1n) is 4.01. The number of nitrogens with zero attached hydrogens (tertiary/aromatic N) is 2. The van der Waals surface area contributed by atoms with Gasteiger partial charge in [0.2, 0.25) is 5.75 Å². The minimum absolute atomic E-state index is 0.0440. The first kappa shape index (κ1) is 9.99. The summed E-state index contributed by atoms with van der Waals surface area (Å²) in [6.07, 6.45) is 0. The molecule has 14 heavy (non-hydrogen) atoms. The topological polar surface area (TPSA) is 76.2 Å². The molecule has 0 fully saturated rings. The summed E-state index contributed by atoms with van der Waals surface area (Å²) in [5.41, 5.74) is 0.00644. The van der Waals surface area contributed by atoms with E-state index < -0.39 is 4.92 Å². The zero-order chi connectivity index (χ0) is 10.6. The van der Waals surface area contributed by atoms with Gasteiger partial charge in [0.25, 0.3) is 0 Å². The van der Waals surface area contributed by atoms with Gasteiger partial charge in [0, 0.05) is 6.07 Å². The molecule has 5 nitrogen and oxygen atoms in total. The van der Waals surface area contributed by atoms with Crippen molar-refractivity contribution in [1.82, 2.24) is 0 Å². The van der Waals surface area contributed by atoms with Crippen LogP contribution >= 0.6 is 0 Å². The van der Waals surface area contributed by atoms with Gasteiger partial charge >= 0.3 is 5.69 Å². The van der Waals surface area contributed by atoms with Crippen LogP contribution in [0, 0.1) is 21.4 Å². The summed E-state index contributed by atoms with van der Waals surface area (Å²) in [6, 6.07) is 6.10. The van der Waals surface area contributed by atoms with Gasteiger partial charge < -0.3 is 4.74 Å². The first-order valence-corrected chi connectivity index (χ1v) is 4.01. The number of nitro benzene ring substituents is 1. The lowest BCUT2D eigenvalue weighted by molar-refractivity contribution is -0.385. The number of nitriles is 1. The molecular weight excluding hydrogens is 184 g/mol. The highest BCUT2D eigenvalue weighted by atomic mass is 16.6. The molecular formula is C9H8N2O3. The Morgan fingerprint density at radius 2 is 2.36 bits per heavy atom. The van der Waals surface area contributed by atoms with Crippen LogP contribution < -0.4 is 4.74 Å². The number of benzene rings is 1. The standard InChI is InChI=1S/C9H8N2O3/c1-2-14-9-7(6-10)4-3-5-8(9)11(12)13/h3-5H,2H2,1H3. The van der Waals surface area contributed by atoms with Crippen LogP contribution in [0.15, 0.2) is 18.2 Å². The Balaban J connectivity index is 3.29. The van der Waals surface area contributed by atoms with Gasteiger partial charge in [-0.1, -0.05) is 6.07 Å². The van der Waals surface area contributed by atoms with Gasteiger partial charge in [0.1, 0.15) is 11.6 Å². The molecule has 0 spiro atoms. The summed E-state index contributed by atoms with van der Waals surface area (Å²) in [7, 11) is 0. The Bertz CT molecular complexity index is 396. The van der Waals surface area contributed by atoms with Crippen LogP contribution in [-0.4, -0.2) is 11.5 Å². The maximum absolute atomic E-state index is 10.6. The first-order chi connectivity index (χ1) is 6.70. The third-order valence-electron chi connectivity index (χ3n) is 1.60. The van der Waals surface area contributed by atoms with E-state index in [0.717, 1.165) is 0 Å².